The van der Waals surface area contributed by atoms with E-state index in [9.17, 15) is 22.8 Å². The number of para-hydroxylation sites is 1. The molecule has 0 unspecified atom stereocenters. The summed E-state index contributed by atoms with van der Waals surface area (Å²) in [5, 5.41) is 3.89. The SMILES string of the molecule is CCc1cc2cccc(C(F)(F)F)c2c(=O)n1-c1ccccc1.NC(=O)c1c(N)nn2cccnc12. The highest BCUT2D eigenvalue weighted by molar-refractivity contribution is 6.03. The average molecular weight is 494 g/mol. The molecular weight excluding hydrogens is 473 g/mol. The summed E-state index contributed by atoms with van der Waals surface area (Å²) in [5.74, 6) is -0.516. The summed E-state index contributed by atoms with van der Waals surface area (Å²) < 4.78 is 42.6. The second-order valence-electron chi connectivity index (χ2n) is 7.75. The second-order valence-corrected chi connectivity index (χ2v) is 7.75. The third-order valence-electron chi connectivity index (χ3n) is 5.47. The van der Waals surface area contributed by atoms with E-state index in [-0.39, 0.29) is 16.8 Å². The summed E-state index contributed by atoms with van der Waals surface area (Å²) >= 11 is 0. The van der Waals surface area contributed by atoms with Crippen molar-refractivity contribution in [2.24, 2.45) is 5.73 Å². The first-order valence-electron chi connectivity index (χ1n) is 10.8. The molecular formula is C25H21F3N6O2. The van der Waals surface area contributed by atoms with Crippen LogP contribution in [0.25, 0.3) is 22.1 Å². The molecule has 8 nitrogen and oxygen atoms in total. The van der Waals surface area contributed by atoms with E-state index in [1.807, 2.05) is 6.92 Å². The maximum Gasteiger partial charge on any atom is 0.417 e. The topological polar surface area (TPSA) is 121 Å². The van der Waals surface area contributed by atoms with Gasteiger partial charge in [0.15, 0.2) is 11.5 Å². The summed E-state index contributed by atoms with van der Waals surface area (Å²) in [4.78, 5) is 27.7. The number of rotatable bonds is 3. The lowest BCUT2D eigenvalue weighted by atomic mass is 10.0. The van der Waals surface area contributed by atoms with Crippen molar-refractivity contribution in [1.29, 1.82) is 0 Å². The van der Waals surface area contributed by atoms with Gasteiger partial charge in [0.2, 0.25) is 0 Å². The molecule has 11 heteroatoms. The predicted molar refractivity (Wildman–Crippen MR) is 130 cm³/mol. The van der Waals surface area contributed by atoms with Crippen LogP contribution in [0.1, 0.15) is 28.5 Å². The van der Waals surface area contributed by atoms with Crippen molar-refractivity contribution in [3.8, 4) is 5.69 Å². The maximum absolute atomic E-state index is 13.3. The minimum absolute atomic E-state index is 0.103. The van der Waals surface area contributed by atoms with Crippen LogP contribution in [0.5, 0.6) is 0 Å². The molecule has 0 aliphatic carbocycles. The minimum Gasteiger partial charge on any atom is -0.381 e. The molecule has 3 heterocycles. The van der Waals surface area contributed by atoms with Crippen molar-refractivity contribution in [3.63, 3.8) is 0 Å². The van der Waals surface area contributed by atoms with Crippen molar-refractivity contribution in [2.75, 3.05) is 5.73 Å². The van der Waals surface area contributed by atoms with Gasteiger partial charge in [-0.1, -0.05) is 37.3 Å². The number of hydrogen-bond donors (Lipinski definition) is 2. The number of aromatic nitrogens is 4. The quantitative estimate of drug-likeness (QED) is 0.393. The molecule has 0 bridgehead atoms. The molecule has 4 N–H and O–H groups in total. The first kappa shape index (κ1) is 24.5. The van der Waals surface area contributed by atoms with Gasteiger partial charge in [-0.3, -0.25) is 14.2 Å². The number of carbonyl (C=O) groups excluding carboxylic acids is 1. The van der Waals surface area contributed by atoms with Crippen LogP contribution in [0.3, 0.4) is 0 Å². The molecule has 3 aromatic heterocycles. The monoisotopic (exact) mass is 494 g/mol. The molecule has 184 valence electrons. The Bertz CT molecular complexity index is 1620. The largest absolute Gasteiger partial charge is 0.417 e. The van der Waals surface area contributed by atoms with Crippen molar-refractivity contribution < 1.29 is 18.0 Å². The van der Waals surface area contributed by atoms with Crippen molar-refractivity contribution in [3.05, 3.63) is 100 Å². The summed E-state index contributed by atoms with van der Waals surface area (Å²) in [5.41, 5.74) is 10.8. The van der Waals surface area contributed by atoms with Gasteiger partial charge in [-0.15, -0.1) is 5.10 Å². The Kier molecular flexibility index (Phi) is 6.47. The molecule has 0 aliphatic heterocycles. The number of nitrogen functional groups attached to an aromatic ring is 1. The van der Waals surface area contributed by atoms with E-state index in [0.29, 0.717) is 28.8 Å². The Balaban J connectivity index is 0.000000197. The fourth-order valence-corrected chi connectivity index (χ4v) is 3.91. The average Bonchev–Trinajstić information content (AvgIpc) is 3.19. The smallest absolute Gasteiger partial charge is 0.381 e. The number of nitrogens with zero attached hydrogens (tertiary/aromatic N) is 4. The molecule has 0 radical (unpaired) electrons. The van der Waals surface area contributed by atoms with Gasteiger partial charge in [0.25, 0.3) is 11.5 Å². The number of anilines is 1. The van der Waals surface area contributed by atoms with Gasteiger partial charge in [0, 0.05) is 23.8 Å². The van der Waals surface area contributed by atoms with Crippen LogP contribution in [0, 0.1) is 0 Å². The Morgan fingerprint density at radius 3 is 2.42 bits per heavy atom. The zero-order chi connectivity index (χ0) is 26.0. The molecule has 36 heavy (non-hydrogen) atoms. The molecule has 5 rings (SSSR count). The number of nitrogens with two attached hydrogens (primary N) is 2. The zero-order valence-electron chi connectivity index (χ0n) is 19.0. The Morgan fingerprint density at radius 2 is 1.78 bits per heavy atom. The summed E-state index contributed by atoms with van der Waals surface area (Å²) in [6.45, 7) is 1.87. The third kappa shape index (κ3) is 4.50. The van der Waals surface area contributed by atoms with Crippen LogP contribution in [-0.2, 0) is 12.6 Å². The molecule has 0 saturated carbocycles. The third-order valence-corrected chi connectivity index (χ3v) is 5.47. The number of carbonyl (C=O) groups is 1. The molecule has 1 amide bonds. The van der Waals surface area contributed by atoms with Crippen LogP contribution in [-0.4, -0.2) is 25.1 Å². The van der Waals surface area contributed by atoms with E-state index < -0.39 is 23.2 Å². The fourth-order valence-electron chi connectivity index (χ4n) is 3.91. The summed E-state index contributed by atoms with van der Waals surface area (Å²) in [7, 11) is 0. The van der Waals surface area contributed by atoms with Crippen molar-refractivity contribution in [1.82, 2.24) is 19.2 Å². The number of primary amides is 1. The van der Waals surface area contributed by atoms with E-state index >= 15 is 0 Å². The van der Waals surface area contributed by atoms with Crippen molar-refractivity contribution >= 4 is 28.1 Å². The fraction of sp³-hybridized carbons (Fsp3) is 0.120. The van der Waals surface area contributed by atoms with Gasteiger partial charge in [0.05, 0.1) is 10.9 Å². The number of amides is 1. The molecule has 5 aromatic rings. The van der Waals surface area contributed by atoms with E-state index in [0.717, 1.165) is 6.07 Å². The van der Waals surface area contributed by atoms with Crippen LogP contribution in [0.4, 0.5) is 19.0 Å². The van der Waals surface area contributed by atoms with Gasteiger partial charge in [-0.2, -0.15) is 13.2 Å². The van der Waals surface area contributed by atoms with E-state index in [1.54, 1.807) is 60.9 Å². The van der Waals surface area contributed by atoms with Crippen LogP contribution in [0.15, 0.2) is 77.9 Å². The lowest BCUT2D eigenvalue weighted by Gasteiger charge is -2.16. The van der Waals surface area contributed by atoms with Crippen LogP contribution in [0.2, 0.25) is 0 Å². The van der Waals surface area contributed by atoms with Gasteiger partial charge >= 0.3 is 6.18 Å². The van der Waals surface area contributed by atoms with Gasteiger partial charge in [-0.05, 0) is 42.1 Å². The van der Waals surface area contributed by atoms with E-state index in [1.165, 1.54) is 15.1 Å². The first-order valence-corrected chi connectivity index (χ1v) is 10.8. The maximum atomic E-state index is 13.3. The number of alkyl halides is 3. The van der Waals surface area contributed by atoms with E-state index in [4.69, 9.17) is 11.5 Å². The van der Waals surface area contributed by atoms with Gasteiger partial charge < -0.3 is 11.5 Å². The number of aryl methyl sites for hydroxylation is 1. The Hall–Kier alpha value is -4.67. The standard InChI is InChI=1S/C18H14F3NO.C7H7N5O/c1-2-13-11-12-7-6-10-15(18(19,20)21)16(12)17(23)22(13)14-8-4-3-5-9-14;8-5-4(6(9)13)7-10-2-1-3-12(7)11-5/h3-11H,2H2,1H3;1-3H,(H2,8,11)(H2,9,13). The lowest BCUT2D eigenvalue weighted by Crippen LogP contribution is -2.24. The van der Waals surface area contributed by atoms with Crippen molar-refractivity contribution in [2.45, 2.75) is 19.5 Å². The molecule has 0 atom stereocenters. The summed E-state index contributed by atoms with van der Waals surface area (Å²) in [6, 6.07) is 15.9. The van der Waals surface area contributed by atoms with Gasteiger partial charge in [0.1, 0.15) is 5.56 Å². The number of fused-ring (bicyclic) bond motifs is 2. The number of pyridine rings is 1. The lowest BCUT2D eigenvalue weighted by molar-refractivity contribution is -0.136. The van der Waals surface area contributed by atoms with Crippen LogP contribution >= 0.6 is 0 Å². The summed E-state index contributed by atoms with van der Waals surface area (Å²) in [6.07, 6.45) is -0.842. The number of benzene rings is 2. The van der Waals surface area contributed by atoms with E-state index in [2.05, 4.69) is 10.1 Å². The minimum atomic E-state index is -4.57. The molecule has 0 fully saturated rings. The normalized spacial score (nSPS) is 11.3. The molecule has 0 spiro atoms. The number of hydrogen-bond acceptors (Lipinski definition) is 5. The second kappa shape index (κ2) is 9.53. The van der Waals surface area contributed by atoms with Crippen LogP contribution < -0.4 is 17.0 Å². The molecule has 2 aromatic carbocycles. The highest BCUT2D eigenvalue weighted by Crippen LogP contribution is 2.33. The zero-order valence-corrected chi connectivity index (χ0v) is 19.0. The first-order chi connectivity index (χ1) is 17.1. The Labute approximate surface area is 202 Å². The highest BCUT2D eigenvalue weighted by Gasteiger charge is 2.34. The highest BCUT2D eigenvalue weighted by atomic mass is 19.4. The number of halogens is 3. The molecule has 0 saturated heterocycles. The predicted octanol–water partition coefficient (Wildman–Crippen LogP) is 3.98. The molecule has 0 aliphatic rings. The Morgan fingerprint density at radius 1 is 1.06 bits per heavy atom. The van der Waals surface area contributed by atoms with Gasteiger partial charge in [-0.25, -0.2) is 9.50 Å².